The van der Waals surface area contributed by atoms with Crippen molar-refractivity contribution < 1.29 is 5.11 Å². The molecule has 18 heavy (non-hydrogen) atoms. The maximum atomic E-state index is 8.77. The van der Waals surface area contributed by atoms with Gasteiger partial charge in [-0.25, -0.2) is 0 Å². The third-order valence-corrected chi connectivity index (χ3v) is 4.40. The van der Waals surface area contributed by atoms with Gasteiger partial charge in [-0.2, -0.15) is 0 Å². The lowest BCUT2D eigenvalue weighted by molar-refractivity contribution is 0.110. The summed E-state index contributed by atoms with van der Waals surface area (Å²) in [5, 5.41) is 8.77. The molecule has 2 unspecified atom stereocenters. The molecule has 3 heteroatoms. The van der Waals surface area contributed by atoms with Crippen LogP contribution in [0.2, 0.25) is 0 Å². The van der Waals surface area contributed by atoms with Gasteiger partial charge in [-0.15, -0.1) is 0 Å². The Bertz CT molecular complexity index is 199. The van der Waals surface area contributed by atoms with Gasteiger partial charge in [0.15, 0.2) is 0 Å². The van der Waals surface area contributed by atoms with Crippen LogP contribution in [-0.2, 0) is 0 Å². The van der Waals surface area contributed by atoms with Gasteiger partial charge in [-0.05, 0) is 51.2 Å². The topological polar surface area (TPSA) is 49.5 Å². The fraction of sp³-hybridized carbons (Fsp3) is 1.00. The van der Waals surface area contributed by atoms with Gasteiger partial charge in [0.2, 0.25) is 0 Å². The van der Waals surface area contributed by atoms with Gasteiger partial charge < -0.3 is 15.7 Å². The number of hydrogen-bond donors (Lipinski definition) is 2. The Kier molecular flexibility index (Phi) is 8.64. The number of rotatable bonds is 9. The fourth-order valence-corrected chi connectivity index (χ4v) is 3.28. The van der Waals surface area contributed by atoms with E-state index in [1.165, 1.54) is 51.5 Å². The zero-order valence-corrected chi connectivity index (χ0v) is 12.1. The lowest BCUT2D eigenvalue weighted by Crippen LogP contribution is -2.45. The maximum Gasteiger partial charge on any atom is 0.0431 e. The van der Waals surface area contributed by atoms with E-state index in [1.807, 2.05) is 0 Å². The zero-order valence-electron chi connectivity index (χ0n) is 12.1. The van der Waals surface area contributed by atoms with E-state index < -0.39 is 0 Å². The van der Waals surface area contributed by atoms with Crippen LogP contribution >= 0.6 is 0 Å². The first-order chi connectivity index (χ1) is 8.83. The largest absolute Gasteiger partial charge is 0.396 e. The average Bonchev–Trinajstić information content (AvgIpc) is 2.43. The van der Waals surface area contributed by atoms with Crippen LogP contribution in [0.1, 0.15) is 58.3 Å². The molecule has 1 rings (SSSR count). The molecule has 0 aliphatic heterocycles. The van der Waals surface area contributed by atoms with E-state index in [1.54, 1.807) is 0 Å². The average molecular weight is 256 g/mol. The third kappa shape index (κ3) is 5.25. The van der Waals surface area contributed by atoms with Crippen LogP contribution in [-0.4, -0.2) is 42.3 Å². The number of hydrogen-bond acceptors (Lipinski definition) is 3. The molecule has 3 nitrogen and oxygen atoms in total. The molecule has 0 amide bonds. The summed E-state index contributed by atoms with van der Waals surface area (Å²) in [7, 11) is 0. The van der Waals surface area contributed by atoms with E-state index in [-0.39, 0.29) is 0 Å². The Balaban J connectivity index is 2.29. The highest BCUT2D eigenvalue weighted by Crippen LogP contribution is 2.28. The van der Waals surface area contributed by atoms with Gasteiger partial charge in [-0.3, -0.25) is 0 Å². The van der Waals surface area contributed by atoms with Crippen molar-refractivity contribution >= 4 is 0 Å². The van der Waals surface area contributed by atoms with E-state index in [9.17, 15) is 0 Å². The highest BCUT2D eigenvalue weighted by Gasteiger charge is 2.27. The lowest BCUT2D eigenvalue weighted by Gasteiger charge is -2.39. The number of unbranched alkanes of at least 4 members (excludes halogenated alkanes) is 3. The first-order valence-electron chi connectivity index (χ1n) is 7.88. The minimum atomic E-state index is 0.343. The van der Waals surface area contributed by atoms with Gasteiger partial charge in [-0.1, -0.05) is 32.6 Å². The second-order valence-corrected chi connectivity index (χ2v) is 5.61. The molecule has 0 bridgehead atoms. The number of nitrogens with zero attached hydrogens (tertiary/aromatic N) is 1. The Labute approximate surface area is 113 Å². The Morgan fingerprint density at radius 3 is 2.50 bits per heavy atom. The van der Waals surface area contributed by atoms with E-state index in [4.69, 9.17) is 10.8 Å². The molecule has 0 heterocycles. The standard InChI is InChI=1S/C15H32N2O/c1-2-17(11-7-3-4-8-12-18)15-10-6-5-9-14(15)13-16/h14-15,18H,2-13,16H2,1H3. The van der Waals surface area contributed by atoms with Gasteiger partial charge in [0, 0.05) is 12.6 Å². The van der Waals surface area contributed by atoms with Gasteiger partial charge >= 0.3 is 0 Å². The summed E-state index contributed by atoms with van der Waals surface area (Å²) in [6.07, 6.45) is 10.0. The summed E-state index contributed by atoms with van der Waals surface area (Å²) in [6.45, 7) is 5.83. The van der Waals surface area contributed by atoms with Gasteiger partial charge in [0.05, 0.1) is 0 Å². The number of nitrogens with two attached hydrogens (primary N) is 1. The Morgan fingerprint density at radius 2 is 1.83 bits per heavy atom. The third-order valence-electron chi connectivity index (χ3n) is 4.40. The van der Waals surface area contributed by atoms with E-state index >= 15 is 0 Å². The van der Waals surface area contributed by atoms with Crippen LogP contribution in [0.4, 0.5) is 0 Å². The number of aliphatic hydroxyl groups is 1. The molecule has 2 atom stereocenters. The fourth-order valence-electron chi connectivity index (χ4n) is 3.28. The molecule has 0 aromatic rings. The number of aliphatic hydroxyl groups excluding tert-OH is 1. The van der Waals surface area contributed by atoms with Gasteiger partial charge in [0.25, 0.3) is 0 Å². The molecule has 0 saturated heterocycles. The lowest BCUT2D eigenvalue weighted by atomic mass is 9.83. The summed E-state index contributed by atoms with van der Waals surface area (Å²) in [4.78, 5) is 2.65. The monoisotopic (exact) mass is 256 g/mol. The van der Waals surface area contributed by atoms with Crippen LogP contribution in [0.25, 0.3) is 0 Å². The van der Waals surface area contributed by atoms with Crippen molar-refractivity contribution in [2.24, 2.45) is 11.7 Å². The molecule has 1 fully saturated rings. The van der Waals surface area contributed by atoms with Crippen molar-refractivity contribution in [2.45, 2.75) is 64.3 Å². The molecule has 1 aliphatic carbocycles. The van der Waals surface area contributed by atoms with Crippen molar-refractivity contribution in [1.29, 1.82) is 0 Å². The second-order valence-electron chi connectivity index (χ2n) is 5.61. The summed E-state index contributed by atoms with van der Waals surface area (Å²) < 4.78 is 0. The van der Waals surface area contributed by atoms with Crippen LogP contribution in [0.5, 0.6) is 0 Å². The SMILES string of the molecule is CCN(CCCCCCO)C1CCCCC1CN. The van der Waals surface area contributed by atoms with E-state index in [2.05, 4.69) is 11.8 Å². The summed E-state index contributed by atoms with van der Waals surface area (Å²) in [6, 6.07) is 0.728. The van der Waals surface area contributed by atoms with E-state index in [0.717, 1.165) is 31.5 Å². The molecule has 0 aromatic heterocycles. The summed E-state index contributed by atoms with van der Waals surface area (Å²) >= 11 is 0. The Hall–Kier alpha value is -0.120. The molecule has 108 valence electrons. The van der Waals surface area contributed by atoms with Crippen molar-refractivity contribution in [3.8, 4) is 0 Å². The molecule has 0 aromatic carbocycles. The maximum absolute atomic E-state index is 8.77. The second kappa shape index (κ2) is 9.76. The first kappa shape index (κ1) is 15.9. The highest BCUT2D eigenvalue weighted by molar-refractivity contribution is 4.83. The molecule has 0 spiro atoms. The molecular formula is C15H32N2O. The quantitative estimate of drug-likeness (QED) is 0.623. The van der Waals surface area contributed by atoms with E-state index in [0.29, 0.717) is 6.61 Å². The Morgan fingerprint density at radius 1 is 1.11 bits per heavy atom. The minimum absolute atomic E-state index is 0.343. The van der Waals surface area contributed by atoms with Crippen molar-refractivity contribution in [2.75, 3.05) is 26.2 Å². The molecular weight excluding hydrogens is 224 g/mol. The molecule has 1 saturated carbocycles. The van der Waals surface area contributed by atoms with Crippen LogP contribution in [0, 0.1) is 5.92 Å². The van der Waals surface area contributed by atoms with Crippen molar-refractivity contribution in [3.63, 3.8) is 0 Å². The predicted molar refractivity (Wildman–Crippen MR) is 77.6 cm³/mol. The van der Waals surface area contributed by atoms with Crippen LogP contribution in [0.15, 0.2) is 0 Å². The summed E-state index contributed by atoms with van der Waals surface area (Å²) in [5.41, 5.74) is 5.93. The smallest absolute Gasteiger partial charge is 0.0431 e. The highest BCUT2D eigenvalue weighted by atomic mass is 16.2. The van der Waals surface area contributed by atoms with Crippen LogP contribution < -0.4 is 5.73 Å². The normalized spacial score (nSPS) is 24.7. The van der Waals surface area contributed by atoms with Crippen molar-refractivity contribution in [3.05, 3.63) is 0 Å². The first-order valence-corrected chi connectivity index (χ1v) is 7.88. The summed E-state index contributed by atoms with van der Waals surface area (Å²) in [5.74, 6) is 0.719. The minimum Gasteiger partial charge on any atom is -0.396 e. The van der Waals surface area contributed by atoms with Crippen LogP contribution in [0.3, 0.4) is 0 Å². The van der Waals surface area contributed by atoms with Gasteiger partial charge in [0.1, 0.15) is 0 Å². The molecule has 3 N–H and O–H groups in total. The molecule has 1 aliphatic rings. The van der Waals surface area contributed by atoms with Crippen molar-refractivity contribution in [1.82, 2.24) is 4.90 Å². The zero-order chi connectivity index (χ0) is 13.2. The predicted octanol–water partition coefficient (Wildman–Crippen LogP) is 2.38. The molecule has 0 radical (unpaired) electrons.